The second-order valence-corrected chi connectivity index (χ2v) is 8.07. The Labute approximate surface area is 187 Å². The van der Waals surface area contributed by atoms with Gasteiger partial charge in [-0.2, -0.15) is 0 Å². The maximum absolute atomic E-state index is 14.1. The Kier molecular flexibility index (Phi) is 8.58. The van der Waals surface area contributed by atoms with E-state index in [1.165, 1.54) is 17.4 Å². The minimum atomic E-state index is -0.367. The third-order valence-corrected chi connectivity index (χ3v) is 5.89. The first-order valence-corrected chi connectivity index (χ1v) is 10.6. The molecule has 0 aliphatic carbocycles. The number of hydrogen-bond donors (Lipinski definition) is 0. The number of aromatic nitrogens is 1. The average Bonchev–Trinajstić information content (AvgIpc) is 3.14. The Morgan fingerprint density at radius 1 is 1.03 bits per heavy atom. The van der Waals surface area contributed by atoms with Gasteiger partial charge in [-0.15, -0.1) is 12.4 Å². The van der Waals surface area contributed by atoms with Crippen LogP contribution in [0.1, 0.15) is 24.2 Å². The van der Waals surface area contributed by atoms with Gasteiger partial charge < -0.3 is 9.80 Å². The summed E-state index contributed by atoms with van der Waals surface area (Å²) in [5.74, 6) is -0.494. The van der Waals surface area contributed by atoms with Gasteiger partial charge in [0.05, 0.1) is 4.70 Å². The standard InChI is InChI=1S/C22H27FN4OS.ClH/c1-5-26(6-2)17-12-10-16(11-13-17)21(28)27(15-14-25(3)4)22-24-20-18(23)8-7-9-19(20)29-22;/h7-13H,5-6,14-15H2,1-4H3;1H. The molecule has 162 valence electrons. The van der Waals surface area contributed by atoms with Crippen molar-refractivity contribution in [3.8, 4) is 0 Å². The Hall–Kier alpha value is -2.22. The number of likely N-dealkylation sites (N-methyl/N-ethyl adjacent to an activating group) is 1. The molecule has 0 fully saturated rings. The molecule has 0 saturated heterocycles. The number of rotatable bonds is 8. The lowest BCUT2D eigenvalue weighted by molar-refractivity contribution is 0.0985. The first-order chi connectivity index (χ1) is 13.9. The minimum Gasteiger partial charge on any atom is -0.372 e. The summed E-state index contributed by atoms with van der Waals surface area (Å²) in [4.78, 5) is 23.6. The van der Waals surface area contributed by atoms with Crippen LogP contribution < -0.4 is 9.80 Å². The van der Waals surface area contributed by atoms with E-state index in [1.54, 1.807) is 11.0 Å². The molecule has 0 aliphatic rings. The van der Waals surface area contributed by atoms with Crippen LogP contribution in [-0.2, 0) is 0 Å². The molecule has 1 aromatic heterocycles. The van der Waals surface area contributed by atoms with E-state index in [1.807, 2.05) is 49.3 Å². The third kappa shape index (κ3) is 5.28. The summed E-state index contributed by atoms with van der Waals surface area (Å²) in [6.45, 7) is 7.20. The largest absolute Gasteiger partial charge is 0.372 e. The van der Waals surface area contributed by atoms with Gasteiger partial charge in [-0.25, -0.2) is 9.37 Å². The first-order valence-electron chi connectivity index (χ1n) is 9.81. The van der Waals surface area contributed by atoms with Gasteiger partial charge in [0.2, 0.25) is 0 Å². The van der Waals surface area contributed by atoms with Gasteiger partial charge in [0.25, 0.3) is 5.91 Å². The van der Waals surface area contributed by atoms with Crippen molar-refractivity contribution in [2.75, 3.05) is 50.1 Å². The predicted molar refractivity (Wildman–Crippen MR) is 127 cm³/mol. The molecule has 2 aromatic carbocycles. The number of carbonyl (C=O) groups excluding carboxylic acids is 1. The van der Waals surface area contributed by atoms with E-state index in [2.05, 4.69) is 23.7 Å². The number of benzene rings is 2. The van der Waals surface area contributed by atoms with E-state index in [4.69, 9.17) is 0 Å². The van der Waals surface area contributed by atoms with Crippen LogP contribution in [0, 0.1) is 5.82 Å². The molecular formula is C22H28ClFN4OS. The Bertz CT molecular complexity index is 973. The molecule has 0 unspecified atom stereocenters. The van der Waals surface area contributed by atoms with Crippen molar-refractivity contribution in [2.45, 2.75) is 13.8 Å². The summed E-state index contributed by atoms with van der Waals surface area (Å²) in [7, 11) is 3.92. The maximum atomic E-state index is 14.1. The molecule has 0 bridgehead atoms. The van der Waals surface area contributed by atoms with Crippen molar-refractivity contribution in [3.05, 3.63) is 53.8 Å². The highest BCUT2D eigenvalue weighted by molar-refractivity contribution is 7.22. The Morgan fingerprint density at radius 3 is 2.27 bits per heavy atom. The summed E-state index contributed by atoms with van der Waals surface area (Å²) in [6.07, 6.45) is 0. The van der Waals surface area contributed by atoms with Crippen molar-refractivity contribution >= 4 is 50.7 Å². The highest BCUT2D eigenvalue weighted by Gasteiger charge is 2.22. The summed E-state index contributed by atoms with van der Waals surface area (Å²) in [5, 5.41) is 0.518. The fraction of sp³-hybridized carbons (Fsp3) is 0.364. The number of para-hydroxylation sites is 1. The van der Waals surface area contributed by atoms with E-state index < -0.39 is 0 Å². The van der Waals surface area contributed by atoms with Gasteiger partial charge in [0.1, 0.15) is 11.3 Å². The van der Waals surface area contributed by atoms with Crippen LogP contribution in [0.3, 0.4) is 0 Å². The van der Waals surface area contributed by atoms with Crippen molar-refractivity contribution in [2.24, 2.45) is 0 Å². The number of carbonyl (C=O) groups is 1. The smallest absolute Gasteiger partial charge is 0.260 e. The second-order valence-electron chi connectivity index (χ2n) is 7.06. The lowest BCUT2D eigenvalue weighted by atomic mass is 10.1. The quantitative estimate of drug-likeness (QED) is 0.488. The molecular weight excluding hydrogens is 423 g/mol. The van der Waals surface area contributed by atoms with E-state index in [0.29, 0.717) is 29.3 Å². The van der Waals surface area contributed by atoms with Crippen LogP contribution in [0.4, 0.5) is 15.2 Å². The van der Waals surface area contributed by atoms with Gasteiger partial charge in [0.15, 0.2) is 5.13 Å². The van der Waals surface area contributed by atoms with Crippen molar-refractivity contribution in [1.29, 1.82) is 0 Å². The van der Waals surface area contributed by atoms with Crippen LogP contribution in [0.15, 0.2) is 42.5 Å². The van der Waals surface area contributed by atoms with Gasteiger partial charge in [-0.1, -0.05) is 17.4 Å². The van der Waals surface area contributed by atoms with E-state index in [0.717, 1.165) is 23.5 Å². The molecule has 1 heterocycles. The van der Waals surface area contributed by atoms with Crippen molar-refractivity contribution in [1.82, 2.24) is 9.88 Å². The van der Waals surface area contributed by atoms with Crippen molar-refractivity contribution in [3.63, 3.8) is 0 Å². The molecule has 30 heavy (non-hydrogen) atoms. The molecule has 0 atom stereocenters. The summed E-state index contributed by atoms with van der Waals surface area (Å²) in [5.41, 5.74) is 2.00. The van der Waals surface area contributed by atoms with Crippen LogP contribution >= 0.6 is 23.7 Å². The number of fused-ring (bicyclic) bond motifs is 1. The normalized spacial score (nSPS) is 10.9. The predicted octanol–water partition coefficient (Wildman–Crippen LogP) is 4.91. The highest BCUT2D eigenvalue weighted by Crippen LogP contribution is 2.31. The zero-order valence-electron chi connectivity index (χ0n) is 17.8. The summed E-state index contributed by atoms with van der Waals surface area (Å²) in [6, 6.07) is 12.5. The number of thiazole rings is 1. The van der Waals surface area contributed by atoms with Crippen LogP contribution in [-0.4, -0.2) is 56.1 Å². The molecule has 0 spiro atoms. The monoisotopic (exact) mass is 450 g/mol. The molecule has 1 amide bonds. The number of nitrogens with zero attached hydrogens (tertiary/aromatic N) is 4. The van der Waals surface area contributed by atoms with Gasteiger partial charge >= 0.3 is 0 Å². The second kappa shape index (κ2) is 10.7. The topological polar surface area (TPSA) is 39.7 Å². The first kappa shape index (κ1) is 24.1. The molecule has 0 radical (unpaired) electrons. The molecule has 5 nitrogen and oxygen atoms in total. The van der Waals surface area contributed by atoms with Crippen LogP contribution in [0.2, 0.25) is 0 Å². The van der Waals surface area contributed by atoms with Gasteiger partial charge in [0, 0.05) is 37.4 Å². The average molecular weight is 451 g/mol. The summed E-state index contributed by atoms with van der Waals surface area (Å²) >= 11 is 1.34. The lowest BCUT2D eigenvalue weighted by Gasteiger charge is -2.23. The molecule has 3 rings (SSSR count). The van der Waals surface area contributed by atoms with E-state index >= 15 is 0 Å². The fourth-order valence-electron chi connectivity index (χ4n) is 3.16. The van der Waals surface area contributed by atoms with E-state index in [9.17, 15) is 9.18 Å². The SMILES string of the molecule is CCN(CC)c1ccc(C(=O)N(CCN(C)C)c2nc3c(F)cccc3s2)cc1.Cl. The molecule has 0 N–H and O–H groups in total. The highest BCUT2D eigenvalue weighted by atomic mass is 35.5. The number of amides is 1. The van der Waals surface area contributed by atoms with E-state index in [-0.39, 0.29) is 24.1 Å². The zero-order valence-corrected chi connectivity index (χ0v) is 19.4. The van der Waals surface area contributed by atoms with Crippen molar-refractivity contribution < 1.29 is 9.18 Å². The third-order valence-electron chi connectivity index (χ3n) is 4.85. The number of hydrogen-bond acceptors (Lipinski definition) is 5. The fourth-order valence-corrected chi connectivity index (χ4v) is 4.17. The number of anilines is 2. The molecule has 8 heteroatoms. The summed E-state index contributed by atoms with van der Waals surface area (Å²) < 4.78 is 14.9. The molecule has 3 aromatic rings. The van der Waals surface area contributed by atoms with Gasteiger partial charge in [-0.05, 0) is 64.3 Å². The molecule has 0 saturated carbocycles. The molecule has 0 aliphatic heterocycles. The Balaban J connectivity index is 0.00000320. The van der Waals surface area contributed by atoms with Crippen LogP contribution in [0.5, 0.6) is 0 Å². The van der Waals surface area contributed by atoms with Gasteiger partial charge in [-0.3, -0.25) is 9.69 Å². The minimum absolute atomic E-state index is 0. The maximum Gasteiger partial charge on any atom is 0.260 e. The number of halogens is 2. The van der Waals surface area contributed by atoms with Crippen LogP contribution in [0.25, 0.3) is 10.2 Å². The lowest BCUT2D eigenvalue weighted by Crippen LogP contribution is -2.36. The zero-order chi connectivity index (χ0) is 21.0. The Morgan fingerprint density at radius 2 is 1.70 bits per heavy atom.